The molecule has 5 rings (SSSR count). The maximum atomic E-state index is 12.6. The van der Waals surface area contributed by atoms with Gasteiger partial charge in [0.15, 0.2) is 36.2 Å². The van der Waals surface area contributed by atoms with Crippen molar-refractivity contribution in [1.82, 2.24) is 0 Å². The van der Waals surface area contributed by atoms with Gasteiger partial charge in [0.1, 0.15) is 23.0 Å². The van der Waals surface area contributed by atoms with Crippen molar-refractivity contribution in [3.8, 4) is 46.0 Å². The first kappa shape index (κ1) is 35.0. The van der Waals surface area contributed by atoms with Gasteiger partial charge >= 0.3 is 11.9 Å². The van der Waals surface area contributed by atoms with Crippen LogP contribution in [-0.4, -0.2) is 25.2 Å². The van der Waals surface area contributed by atoms with Crippen molar-refractivity contribution < 1.29 is 38.0 Å². The number of carbonyl (C=O) groups is 2. The summed E-state index contributed by atoms with van der Waals surface area (Å²) >= 11 is 30.7. The number of hydrogen-bond donors (Lipinski definition) is 0. The van der Waals surface area contributed by atoms with Crippen molar-refractivity contribution in [3.63, 3.8) is 0 Å². The molecule has 0 fully saturated rings. The van der Waals surface area contributed by atoms with Crippen molar-refractivity contribution in [2.45, 2.75) is 6.92 Å². The fourth-order valence-corrected chi connectivity index (χ4v) is 5.04. The minimum atomic E-state index is -0.721. The number of esters is 2. The molecule has 0 aliphatic carbocycles. The summed E-state index contributed by atoms with van der Waals surface area (Å²) in [5, 5.41) is 1.77. The summed E-state index contributed by atoms with van der Waals surface area (Å²) in [6.45, 7) is 1.05. The van der Waals surface area contributed by atoms with E-state index in [0.29, 0.717) is 43.1 Å². The molecule has 0 amide bonds. The number of carbonyl (C=O) groups excluding carboxylic acids is 2. The third kappa shape index (κ3) is 9.86. The molecule has 0 atom stereocenters. The van der Waals surface area contributed by atoms with E-state index in [4.69, 9.17) is 86.4 Å². The topological polar surface area (TPSA) is 89.5 Å². The summed E-state index contributed by atoms with van der Waals surface area (Å²) in [5.74, 6) is 0.544. The van der Waals surface area contributed by atoms with E-state index in [1.165, 1.54) is 24.3 Å². The Labute approximate surface area is 300 Å². The van der Waals surface area contributed by atoms with Gasteiger partial charge in [0.25, 0.3) is 0 Å². The third-order valence-corrected chi connectivity index (χ3v) is 7.51. The fraction of sp³-hybridized carbons (Fsp3) is 0.0857. The van der Waals surface area contributed by atoms with Crippen molar-refractivity contribution in [1.29, 1.82) is 0 Å². The molecule has 5 aromatic carbocycles. The van der Waals surface area contributed by atoms with Gasteiger partial charge in [-0.2, -0.15) is 0 Å². The molecule has 0 unspecified atom stereocenters. The van der Waals surface area contributed by atoms with Crippen LogP contribution in [0, 0.1) is 6.92 Å². The average Bonchev–Trinajstić information content (AvgIpc) is 3.04. The van der Waals surface area contributed by atoms with E-state index in [-0.39, 0.29) is 28.0 Å². The molecule has 0 aromatic heterocycles. The molecule has 8 nitrogen and oxygen atoms in total. The van der Waals surface area contributed by atoms with E-state index in [0.717, 1.165) is 5.56 Å². The highest BCUT2D eigenvalue weighted by molar-refractivity contribution is 6.35. The van der Waals surface area contributed by atoms with E-state index in [1.807, 2.05) is 13.0 Å². The maximum absolute atomic E-state index is 12.6. The molecule has 0 heterocycles. The van der Waals surface area contributed by atoms with Crippen LogP contribution in [0.5, 0.6) is 46.0 Å². The number of halogens is 5. The highest BCUT2D eigenvalue weighted by Crippen LogP contribution is 2.39. The van der Waals surface area contributed by atoms with E-state index in [9.17, 15) is 9.59 Å². The zero-order valence-corrected chi connectivity index (χ0v) is 28.6. The van der Waals surface area contributed by atoms with Crippen LogP contribution in [0.1, 0.15) is 5.56 Å². The van der Waals surface area contributed by atoms with Crippen molar-refractivity contribution in [3.05, 3.63) is 128 Å². The largest absolute Gasteiger partial charge is 0.482 e. The number of aryl methyl sites for hydroxylation is 1. The summed E-state index contributed by atoms with van der Waals surface area (Å²) in [7, 11) is 0. The lowest BCUT2D eigenvalue weighted by Gasteiger charge is -2.14. The molecule has 0 radical (unpaired) electrons. The third-order valence-electron chi connectivity index (χ3n) is 6.22. The second kappa shape index (κ2) is 16.2. The molecule has 0 spiro atoms. The summed E-state index contributed by atoms with van der Waals surface area (Å²) < 4.78 is 33.7. The zero-order valence-electron chi connectivity index (χ0n) is 24.8. The minimum absolute atomic E-state index is 0.0631. The maximum Gasteiger partial charge on any atom is 0.349 e. The number of ether oxygens (including phenoxy) is 6. The lowest BCUT2D eigenvalue weighted by Crippen LogP contribution is -2.18. The highest BCUT2D eigenvalue weighted by atomic mass is 35.5. The van der Waals surface area contributed by atoms with Crippen LogP contribution in [0.3, 0.4) is 0 Å². The van der Waals surface area contributed by atoms with Crippen LogP contribution in [0.15, 0.2) is 97.1 Å². The predicted octanol–water partition coefficient (Wildman–Crippen LogP) is 10.8. The lowest BCUT2D eigenvalue weighted by molar-refractivity contribution is -0.137. The Morgan fingerprint density at radius 1 is 0.479 bits per heavy atom. The van der Waals surface area contributed by atoms with Crippen molar-refractivity contribution in [2.75, 3.05) is 13.2 Å². The van der Waals surface area contributed by atoms with Gasteiger partial charge < -0.3 is 28.4 Å². The van der Waals surface area contributed by atoms with Crippen LogP contribution in [0.2, 0.25) is 25.1 Å². The van der Waals surface area contributed by atoms with Crippen LogP contribution < -0.4 is 28.4 Å². The van der Waals surface area contributed by atoms with Gasteiger partial charge in [-0.25, -0.2) is 9.59 Å². The average molecular weight is 749 g/mol. The number of rotatable bonds is 12. The van der Waals surface area contributed by atoms with Crippen LogP contribution in [0.4, 0.5) is 0 Å². The molecule has 5 aromatic rings. The summed E-state index contributed by atoms with van der Waals surface area (Å²) in [6.07, 6.45) is 0. The van der Waals surface area contributed by atoms with E-state index in [1.54, 1.807) is 66.7 Å². The molecule has 0 aliphatic heterocycles. The second-order valence-corrected chi connectivity index (χ2v) is 12.0. The summed E-state index contributed by atoms with van der Waals surface area (Å²) in [6, 6.07) is 25.4. The monoisotopic (exact) mass is 746 g/mol. The van der Waals surface area contributed by atoms with E-state index in [2.05, 4.69) is 0 Å². The summed E-state index contributed by atoms with van der Waals surface area (Å²) in [4.78, 5) is 25.2. The van der Waals surface area contributed by atoms with E-state index < -0.39 is 25.2 Å². The number of benzene rings is 5. The van der Waals surface area contributed by atoms with E-state index >= 15 is 0 Å². The molecule has 0 aliphatic rings. The predicted molar refractivity (Wildman–Crippen MR) is 184 cm³/mol. The van der Waals surface area contributed by atoms with Gasteiger partial charge in [-0.3, -0.25) is 0 Å². The van der Waals surface area contributed by atoms with Gasteiger partial charge in [-0.15, -0.1) is 0 Å². The SMILES string of the molecule is Cc1ccc(Oc2ccc(Cl)cc2OC(=O)COc2ccc(OCC(=O)Oc3cc(Cl)ccc3Oc3ccc(Cl)cc3Cl)cc2)c(Cl)c1. The first-order chi connectivity index (χ1) is 23.0. The number of hydrogen-bond acceptors (Lipinski definition) is 8. The van der Waals surface area contributed by atoms with Gasteiger partial charge in [-0.05, 0) is 91.3 Å². The Bertz CT molecular complexity index is 1810. The molecule has 0 saturated carbocycles. The van der Waals surface area contributed by atoms with Crippen LogP contribution in [0.25, 0.3) is 0 Å². The first-order valence-electron chi connectivity index (χ1n) is 14.0. The molecule has 246 valence electrons. The fourth-order valence-electron chi connectivity index (χ4n) is 4.00. The minimum Gasteiger partial charge on any atom is -0.482 e. The Balaban J connectivity index is 1.12. The second-order valence-electron chi connectivity index (χ2n) is 9.89. The Hall–Kier alpha value is -4.31. The van der Waals surface area contributed by atoms with Gasteiger partial charge in [-0.1, -0.05) is 64.1 Å². The highest BCUT2D eigenvalue weighted by Gasteiger charge is 2.16. The smallest absolute Gasteiger partial charge is 0.349 e. The quantitative estimate of drug-likeness (QED) is 0.0920. The lowest BCUT2D eigenvalue weighted by atomic mass is 10.2. The standard InChI is InChI=1S/C35H23Cl5O8/c1-20-2-10-28(26(39)14-20)45-30-12-4-22(37)16-32(30)47-34(41)18-43-24-6-8-25(9-7-24)44-19-35(42)48-33-17-23(38)5-13-31(33)46-29-11-3-21(36)15-27(29)40/h2-17H,18-19H2,1H3. The van der Waals surface area contributed by atoms with Crippen molar-refractivity contribution >= 4 is 69.9 Å². The normalized spacial score (nSPS) is 10.6. The van der Waals surface area contributed by atoms with Gasteiger partial charge in [0, 0.05) is 27.2 Å². The molecule has 13 heteroatoms. The summed E-state index contributed by atoms with van der Waals surface area (Å²) in [5.41, 5.74) is 0.963. The molecule has 0 saturated heterocycles. The van der Waals surface area contributed by atoms with Crippen LogP contribution >= 0.6 is 58.0 Å². The Morgan fingerprint density at radius 2 is 0.875 bits per heavy atom. The molecular formula is C35H23Cl5O8. The van der Waals surface area contributed by atoms with Crippen molar-refractivity contribution in [2.24, 2.45) is 0 Å². The molecule has 0 N–H and O–H groups in total. The molecular weight excluding hydrogens is 726 g/mol. The molecule has 0 bridgehead atoms. The van der Waals surface area contributed by atoms with Crippen LogP contribution in [-0.2, 0) is 9.59 Å². The Morgan fingerprint density at radius 3 is 1.31 bits per heavy atom. The molecule has 48 heavy (non-hydrogen) atoms. The Kier molecular flexibility index (Phi) is 11.8. The van der Waals surface area contributed by atoms with Gasteiger partial charge in [0.05, 0.1) is 10.0 Å². The van der Waals surface area contributed by atoms with Gasteiger partial charge in [0.2, 0.25) is 0 Å². The first-order valence-corrected chi connectivity index (χ1v) is 15.8. The zero-order chi connectivity index (χ0) is 34.2.